The summed E-state index contributed by atoms with van der Waals surface area (Å²) in [5.41, 5.74) is 12.8. The van der Waals surface area contributed by atoms with Gasteiger partial charge < -0.3 is 11.1 Å². The summed E-state index contributed by atoms with van der Waals surface area (Å²) in [5.74, 6) is 0.809. The third-order valence-electron chi connectivity index (χ3n) is 5.94. The molecule has 2 heteroatoms. The number of nitrogens with one attached hydrogen (secondary N) is 1. The summed E-state index contributed by atoms with van der Waals surface area (Å²) in [7, 11) is 0. The number of unbranched alkanes of at least 4 members (excludes halogenated alkanes) is 3. The number of hydrogen-bond donors (Lipinski definition) is 2. The van der Waals surface area contributed by atoms with E-state index in [0.29, 0.717) is 0 Å². The minimum atomic E-state index is 0.809. The van der Waals surface area contributed by atoms with Crippen molar-refractivity contribution >= 4 is 5.69 Å². The van der Waals surface area contributed by atoms with E-state index in [9.17, 15) is 0 Å². The van der Waals surface area contributed by atoms with E-state index in [1.807, 2.05) is 39.0 Å². The van der Waals surface area contributed by atoms with Crippen molar-refractivity contribution in [1.29, 1.82) is 0 Å². The molecule has 0 bridgehead atoms. The molecule has 0 aliphatic heterocycles. The molecule has 1 aromatic carbocycles. The summed E-state index contributed by atoms with van der Waals surface area (Å²) in [6.07, 6.45) is 21.8. The molecule has 0 saturated heterocycles. The molecule has 1 aromatic rings. The second-order valence-corrected chi connectivity index (χ2v) is 8.99. The highest BCUT2D eigenvalue weighted by Gasteiger charge is 2.23. The third-order valence-corrected chi connectivity index (χ3v) is 5.94. The van der Waals surface area contributed by atoms with Gasteiger partial charge in [-0.2, -0.15) is 0 Å². The van der Waals surface area contributed by atoms with Crippen LogP contribution in [-0.2, 0) is 6.42 Å². The summed E-state index contributed by atoms with van der Waals surface area (Å²) in [6.45, 7) is 21.4. The van der Waals surface area contributed by atoms with Crippen molar-refractivity contribution in [2.75, 3.05) is 11.9 Å². The predicted octanol–water partition coefficient (Wildman–Crippen LogP) is 9.84. The molecule has 0 unspecified atom stereocenters. The van der Waals surface area contributed by atoms with E-state index in [1.54, 1.807) is 0 Å². The Balaban J connectivity index is 0.00000126. The molecule has 2 rings (SSSR count). The van der Waals surface area contributed by atoms with Gasteiger partial charge in [-0.25, -0.2) is 0 Å². The van der Waals surface area contributed by atoms with Crippen molar-refractivity contribution in [3.8, 4) is 0 Å². The largest absolute Gasteiger partial charge is 0.356 e. The van der Waals surface area contributed by atoms with Crippen LogP contribution in [0, 0.1) is 12.8 Å². The summed E-state index contributed by atoms with van der Waals surface area (Å²) in [4.78, 5) is 0. The molecule has 0 spiro atoms. The SMILES string of the molecule is C=C/C(=C\C(=C/C)C1CC1)CCCCc1ccc(NC(=C)C=CC)c(C)c1.CC.CCCCCN. The van der Waals surface area contributed by atoms with Gasteiger partial charge in [-0.15, -0.1) is 0 Å². The summed E-state index contributed by atoms with van der Waals surface area (Å²) in [5, 5.41) is 3.36. The third kappa shape index (κ3) is 15.3. The monoisotopic (exact) mass is 478 g/mol. The highest BCUT2D eigenvalue weighted by Crippen LogP contribution is 2.37. The molecule has 1 aliphatic carbocycles. The molecule has 196 valence electrons. The summed E-state index contributed by atoms with van der Waals surface area (Å²) in [6, 6.07) is 6.69. The van der Waals surface area contributed by atoms with Crippen LogP contribution >= 0.6 is 0 Å². The molecular formula is C33H54N2. The second kappa shape index (κ2) is 21.0. The van der Waals surface area contributed by atoms with Gasteiger partial charge in [-0.1, -0.05) is 83.2 Å². The van der Waals surface area contributed by atoms with Gasteiger partial charge in [-0.05, 0) is 113 Å². The van der Waals surface area contributed by atoms with Gasteiger partial charge in [0.1, 0.15) is 0 Å². The Morgan fingerprint density at radius 1 is 1.11 bits per heavy atom. The fourth-order valence-corrected chi connectivity index (χ4v) is 3.79. The van der Waals surface area contributed by atoms with Crippen molar-refractivity contribution in [2.45, 2.75) is 99.3 Å². The molecule has 1 fully saturated rings. The molecular weight excluding hydrogens is 424 g/mol. The first-order valence-electron chi connectivity index (χ1n) is 13.9. The van der Waals surface area contributed by atoms with Crippen LogP contribution < -0.4 is 11.1 Å². The fraction of sp³-hybridized carbons (Fsp3) is 0.515. The van der Waals surface area contributed by atoms with Crippen LogP contribution in [0.4, 0.5) is 5.69 Å². The van der Waals surface area contributed by atoms with Crippen LogP contribution in [0.1, 0.15) is 97.1 Å². The molecule has 35 heavy (non-hydrogen) atoms. The molecule has 0 atom stereocenters. The molecule has 0 radical (unpaired) electrons. The maximum atomic E-state index is 5.21. The lowest BCUT2D eigenvalue weighted by atomic mass is 9.99. The van der Waals surface area contributed by atoms with E-state index in [1.165, 1.54) is 67.2 Å². The van der Waals surface area contributed by atoms with Gasteiger partial charge in [0.15, 0.2) is 0 Å². The Morgan fingerprint density at radius 3 is 2.31 bits per heavy atom. The minimum absolute atomic E-state index is 0.809. The van der Waals surface area contributed by atoms with Crippen LogP contribution in [0.2, 0.25) is 0 Å². The van der Waals surface area contributed by atoms with Gasteiger partial charge in [0.05, 0.1) is 0 Å². The quantitative estimate of drug-likeness (QED) is 0.206. The van der Waals surface area contributed by atoms with Crippen LogP contribution in [0.25, 0.3) is 0 Å². The van der Waals surface area contributed by atoms with Crippen LogP contribution in [0.3, 0.4) is 0 Å². The maximum Gasteiger partial charge on any atom is 0.0413 e. The first kappa shape index (κ1) is 32.7. The average molecular weight is 479 g/mol. The first-order valence-corrected chi connectivity index (χ1v) is 13.9. The summed E-state index contributed by atoms with van der Waals surface area (Å²) < 4.78 is 0. The number of rotatable bonds is 14. The Kier molecular flexibility index (Phi) is 19.6. The number of benzene rings is 1. The van der Waals surface area contributed by atoms with Crippen molar-refractivity contribution in [2.24, 2.45) is 11.7 Å². The van der Waals surface area contributed by atoms with Crippen molar-refractivity contribution in [1.82, 2.24) is 0 Å². The molecule has 0 amide bonds. The average Bonchev–Trinajstić information content (AvgIpc) is 3.71. The molecule has 0 heterocycles. The number of allylic oxidation sites excluding steroid dienone is 7. The van der Waals surface area contributed by atoms with E-state index in [-0.39, 0.29) is 0 Å². The lowest BCUT2D eigenvalue weighted by Gasteiger charge is -2.11. The predicted molar refractivity (Wildman–Crippen MR) is 161 cm³/mol. The molecule has 3 N–H and O–H groups in total. The molecule has 1 saturated carbocycles. The van der Waals surface area contributed by atoms with E-state index >= 15 is 0 Å². The van der Waals surface area contributed by atoms with E-state index in [4.69, 9.17) is 5.73 Å². The zero-order chi connectivity index (χ0) is 26.5. The Bertz CT molecular complexity index is 802. The summed E-state index contributed by atoms with van der Waals surface area (Å²) >= 11 is 0. The van der Waals surface area contributed by atoms with E-state index in [2.05, 4.69) is 69.6 Å². The number of hydrogen-bond acceptors (Lipinski definition) is 2. The lowest BCUT2D eigenvalue weighted by Crippen LogP contribution is -1.98. The van der Waals surface area contributed by atoms with Crippen molar-refractivity contribution < 1.29 is 0 Å². The Morgan fingerprint density at radius 2 is 1.83 bits per heavy atom. The zero-order valence-electron chi connectivity index (χ0n) is 23.8. The Labute approximate surface area is 218 Å². The van der Waals surface area contributed by atoms with Gasteiger partial charge in [0, 0.05) is 11.4 Å². The van der Waals surface area contributed by atoms with Crippen LogP contribution in [-0.4, -0.2) is 6.54 Å². The number of nitrogens with two attached hydrogens (primary N) is 1. The number of aryl methyl sites for hydroxylation is 2. The topological polar surface area (TPSA) is 38.0 Å². The van der Waals surface area contributed by atoms with Gasteiger partial charge >= 0.3 is 0 Å². The molecule has 1 aliphatic rings. The smallest absolute Gasteiger partial charge is 0.0413 e. The Hall–Kier alpha value is -2.32. The molecule has 0 aromatic heterocycles. The lowest BCUT2D eigenvalue weighted by molar-refractivity contribution is 0.727. The molecule has 2 nitrogen and oxygen atoms in total. The van der Waals surface area contributed by atoms with E-state index < -0.39 is 0 Å². The van der Waals surface area contributed by atoms with Crippen molar-refractivity contribution in [3.63, 3.8) is 0 Å². The highest BCUT2D eigenvalue weighted by molar-refractivity contribution is 5.56. The van der Waals surface area contributed by atoms with Crippen LogP contribution in [0.5, 0.6) is 0 Å². The van der Waals surface area contributed by atoms with Gasteiger partial charge in [0.25, 0.3) is 0 Å². The highest BCUT2D eigenvalue weighted by atomic mass is 14.9. The maximum absolute atomic E-state index is 5.21. The minimum Gasteiger partial charge on any atom is -0.356 e. The standard InChI is InChI=1S/C26H35N.C5H13N.C2H6/c1-6-11-21(5)27-26-17-14-23(18-20(26)4)13-10-9-12-22(7-2)19-24(8-3)25-15-16-25;1-2-3-4-5-6;1-2/h6-8,11,14,17-19,25,27H,2,5,9-10,12-13,15-16H2,1,3-4H3;2-6H2,1H3;1-2H3/b11-6?,22-19+,24-8+;;. The number of anilines is 1. The normalized spacial score (nSPS) is 13.5. The van der Waals surface area contributed by atoms with Crippen LogP contribution in [0.15, 0.2) is 78.6 Å². The zero-order valence-corrected chi connectivity index (χ0v) is 23.8. The first-order chi connectivity index (χ1) is 17.0. The van der Waals surface area contributed by atoms with Gasteiger partial charge in [0.2, 0.25) is 0 Å². The fourth-order valence-electron chi connectivity index (χ4n) is 3.79. The van der Waals surface area contributed by atoms with E-state index in [0.717, 1.165) is 36.7 Å². The second-order valence-electron chi connectivity index (χ2n) is 8.99. The van der Waals surface area contributed by atoms with Crippen molar-refractivity contribution in [3.05, 3.63) is 89.7 Å². The van der Waals surface area contributed by atoms with Gasteiger partial charge in [-0.3, -0.25) is 0 Å².